The third-order valence-electron chi connectivity index (χ3n) is 11.3. The standard InChI is InChI=1S/C49H51N9O12/c1-5-56(48(67)70-49(2,3)4)38-24-29(22-23-51-38)45-53-34(27-69-45)43(63)52-33-25-57(55-41(33)42(50)62)30-18-16-28(17-19-30)36(60)14-10-8-6-7-9-12-31(59)26-68-37-15-11-13-32-40(37)47(66)58(46(32)65)35-20-21-39(61)54-44(35)64/h11,13,15-19,22-25,27,35H,5-10,12,14,20-21,26H2,1-4H3,(H2,50,62)(H,52,63)(H,54,61,64). The van der Waals surface area contributed by atoms with Gasteiger partial charge in [0.1, 0.15) is 36.1 Å². The van der Waals surface area contributed by atoms with E-state index in [0.29, 0.717) is 36.1 Å². The predicted octanol–water partition coefficient (Wildman–Crippen LogP) is 6.00. The fourth-order valence-electron chi connectivity index (χ4n) is 7.79. The minimum Gasteiger partial charge on any atom is -0.485 e. The first-order chi connectivity index (χ1) is 33.4. The summed E-state index contributed by atoms with van der Waals surface area (Å²) in [7, 11) is 0. The van der Waals surface area contributed by atoms with Crippen LogP contribution in [-0.2, 0) is 19.1 Å². The molecule has 7 rings (SSSR count). The highest BCUT2D eigenvalue weighted by Crippen LogP contribution is 2.34. The van der Waals surface area contributed by atoms with Crippen LogP contribution in [0.4, 0.5) is 16.3 Å². The number of nitrogens with zero attached hydrogens (tertiary/aromatic N) is 6. The van der Waals surface area contributed by atoms with Gasteiger partial charge in [0.15, 0.2) is 23.0 Å². The van der Waals surface area contributed by atoms with E-state index in [9.17, 15) is 43.2 Å². The summed E-state index contributed by atoms with van der Waals surface area (Å²) in [5.74, 6) is -4.04. The number of imide groups is 2. The Balaban J connectivity index is 0.844. The van der Waals surface area contributed by atoms with Gasteiger partial charge < -0.3 is 24.9 Å². The number of unbranched alkanes of at least 4 members (excludes halogenated alkanes) is 4. The quantitative estimate of drug-likeness (QED) is 0.0458. The lowest BCUT2D eigenvalue weighted by atomic mass is 10.0. The molecule has 5 heterocycles. The first-order valence-electron chi connectivity index (χ1n) is 22.7. The third kappa shape index (κ3) is 11.5. The first kappa shape index (κ1) is 49.5. The van der Waals surface area contributed by atoms with Crippen LogP contribution in [0.1, 0.15) is 138 Å². The van der Waals surface area contributed by atoms with Gasteiger partial charge in [0.05, 0.1) is 28.7 Å². The van der Waals surface area contributed by atoms with E-state index in [-0.39, 0.29) is 89.6 Å². The van der Waals surface area contributed by atoms with Crippen LogP contribution in [0, 0.1) is 0 Å². The number of Topliss-reactive ketones (excluding diaryl/α,β-unsaturated/α-hetero) is 2. The summed E-state index contributed by atoms with van der Waals surface area (Å²) in [5.41, 5.74) is 5.99. The number of oxazole rings is 1. The van der Waals surface area contributed by atoms with E-state index < -0.39 is 53.2 Å². The number of pyridine rings is 1. The fourth-order valence-corrected chi connectivity index (χ4v) is 7.79. The zero-order valence-electron chi connectivity index (χ0n) is 38.9. The number of ketones is 2. The van der Waals surface area contributed by atoms with Crippen LogP contribution in [0.25, 0.3) is 17.1 Å². The van der Waals surface area contributed by atoms with Crippen molar-refractivity contribution >= 4 is 64.6 Å². The lowest BCUT2D eigenvalue weighted by Crippen LogP contribution is -2.54. The first-order valence-corrected chi connectivity index (χ1v) is 22.7. The third-order valence-corrected chi connectivity index (χ3v) is 11.3. The smallest absolute Gasteiger partial charge is 0.415 e. The van der Waals surface area contributed by atoms with Gasteiger partial charge in [0.25, 0.3) is 23.6 Å². The lowest BCUT2D eigenvalue weighted by Gasteiger charge is -2.27. The number of nitrogens with two attached hydrogens (primary N) is 1. The number of benzene rings is 2. The Kier molecular flexibility index (Phi) is 15.1. The number of carbonyl (C=O) groups is 9. The molecular weight excluding hydrogens is 907 g/mol. The molecule has 1 saturated heterocycles. The van der Waals surface area contributed by atoms with E-state index in [1.807, 2.05) is 0 Å². The Morgan fingerprint density at radius 2 is 1.67 bits per heavy atom. The molecule has 2 aromatic carbocycles. The Labute approximate surface area is 401 Å². The molecule has 1 fully saturated rings. The van der Waals surface area contributed by atoms with Crippen molar-refractivity contribution in [3.8, 4) is 22.9 Å². The Morgan fingerprint density at radius 1 is 0.943 bits per heavy atom. The number of hydrogen-bond donors (Lipinski definition) is 3. The number of amides is 7. The van der Waals surface area contributed by atoms with Crippen LogP contribution in [0.5, 0.6) is 5.75 Å². The maximum Gasteiger partial charge on any atom is 0.415 e. The van der Waals surface area contributed by atoms with E-state index in [1.54, 1.807) is 64.1 Å². The van der Waals surface area contributed by atoms with Crippen LogP contribution in [0.2, 0.25) is 0 Å². The number of aromatic nitrogens is 4. The molecule has 1 unspecified atom stereocenters. The predicted molar refractivity (Wildman–Crippen MR) is 249 cm³/mol. The summed E-state index contributed by atoms with van der Waals surface area (Å²) in [6, 6.07) is 13.1. The largest absolute Gasteiger partial charge is 0.485 e. The maximum absolute atomic E-state index is 13.3. The number of ether oxygens (including phenoxy) is 2. The molecule has 2 aliphatic rings. The Hall–Kier alpha value is -8.36. The zero-order chi connectivity index (χ0) is 50.3. The SMILES string of the molecule is CCN(C(=O)OC(C)(C)C)c1cc(-c2nc(C(=O)Nc3cn(-c4ccc(C(=O)CCCCCCCC(=O)COc5cccc6c5C(=O)N(C5CCC(=O)NC5=O)C6=O)cc4)nc3C(N)=O)co2)ccn1. The van der Waals surface area contributed by atoms with E-state index in [4.69, 9.17) is 19.6 Å². The summed E-state index contributed by atoms with van der Waals surface area (Å²) < 4.78 is 18.1. The second kappa shape index (κ2) is 21.3. The van der Waals surface area contributed by atoms with Gasteiger partial charge in [-0.05, 0) is 95.5 Å². The fraction of sp³-hybridized carbons (Fsp3) is 0.347. The number of anilines is 2. The lowest BCUT2D eigenvalue weighted by molar-refractivity contribution is -0.136. The molecule has 4 N–H and O–H groups in total. The normalized spacial score (nSPS) is 14.5. The summed E-state index contributed by atoms with van der Waals surface area (Å²) >= 11 is 0. The maximum atomic E-state index is 13.3. The number of primary amides is 1. The van der Waals surface area contributed by atoms with Crippen LogP contribution >= 0.6 is 0 Å². The van der Waals surface area contributed by atoms with Crippen molar-refractivity contribution in [3.63, 3.8) is 0 Å². The number of nitrogens with one attached hydrogen (secondary N) is 2. The molecule has 1 atom stereocenters. The van der Waals surface area contributed by atoms with Crippen molar-refractivity contribution in [2.45, 2.75) is 97.1 Å². The van der Waals surface area contributed by atoms with Crippen LogP contribution in [-0.4, -0.2) is 103 Å². The highest BCUT2D eigenvalue weighted by Gasteiger charge is 2.46. The Bertz CT molecular complexity index is 2880. The molecule has 21 heteroatoms. The van der Waals surface area contributed by atoms with Gasteiger partial charge in [-0.1, -0.05) is 25.3 Å². The summed E-state index contributed by atoms with van der Waals surface area (Å²) in [6.07, 6.45) is 7.49. The molecule has 21 nitrogen and oxygen atoms in total. The average Bonchev–Trinajstić information content (AvgIpc) is 4.05. The molecule has 0 bridgehead atoms. The summed E-state index contributed by atoms with van der Waals surface area (Å²) in [5, 5.41) is 9.03. The van der Waals surface area contributed by atoms with Gasteiger partial charge >= 0.3 is 6.09 Å². The second-order valence-corrected chi connectivity index (χ2v) is 17.5. The van der Waals surface area contributed by atoms with Crippen molar-refractivity contribution in [1.29, 1.82) is 0 Å². The number of hydrogen-bond acceptors (Lipinski definition) is 15. The number of piperidine rings is 1. The van der Waals surface area contributed by atoms with E-state index in [2.05, 4.69) is 25.7 Å². The topological polar surface area (TPSA) is 285 Å². The molecule has 7 amide bonds. The molecule has 0 saturated carbocycles. The van der Waals surface area contributed by atoms with Crippen molar-refractivity contribution in [2.24, 2.45) is 5.73 Å². The average molecular weight is 958 g/mol. The van der Waals surface area contributed by atoms with Crippen molar-refractivity contribution in [2.75, 3.05) is 23.4 Å². The van der Waals surface area contributed by atoms with E-state index >= 15 is 0 Å². The van der Waals surface area contributed by atoms with Crippen LogP contribution < -0.4 is 26.0 Å². The van der Waals surface area contributed by atoms with Crippen LogP contribution in [0.15, 0.2) is 77.7 Å². The second-order valence-electron chi connectivity index (χ2n) is 17.5. The minimum atomic E-state index is -1.12. The monoisotopic (exact) mass is 957 g/mol. The van der Waals surface area contributed by atoms with Gasteiger partial charge in [0, 0.05) is 43.1 Å². The number of rotatable bonds is 20. The summed E-state index contributed by atoms with van der Waals surface area (Å²) in [6.45, 7) is 7.01. The molecule has 70 heavy (non-hydrogen) atoms. The zero-order valence-corrected chi connectivity index (χ0v) is 38.9. The van der Waals surface area contributed by atoms with Gasteiger partial charge in [-0.15, -0.1) is 0 Å². The molecule has 0 aliphatic carbocycles. The van der Waals surface area contributed by atoms with Crippen molar-refractivity contribution in [3.05, 3.63) is 101 Å². The number of fused-ring (bicyclic) bond motifs is 1. The van der Waals surface area contributed by atoms with Crippen LogP contribution in [0.3, 0.4) is 0 Å². The summed E-state index contributed by atoms with van der Waals surface area (Å²) in [4.78, 5) is 125. The molecular formula is C49H51N9O12. The minimum absolute atomic E-state index is 0.00466. The molecule has 5 aromatic rings. The van der Waals surface area contributed by atoms with E-state index in [1.165, 1.54) is 40.2 Å². The van der Waals surface area contributed by atoms with Gasteiger partial charge in [-0.3, -0.25) is 53.5 Å². The molecule has 0 spiro atoms. The van der Waals surface area contributed by atoms with Crippen molar-refractivity contribution < 1.29 is 57.0 Å². The highest BCUT2D eigenvalue weighted by atomic mass is 16.6. The highest BCUT2D eigenvalue weighted by molar-refractivity contribution is 6.24. The van der Waals surface area contributed by atoms with Crippen molar-refractivity contribution in [1.82, 2.24) is 30.0 Å². The van der Waals surface area contributed by atoms with E-state index in [0.717, 1.165) is 30.4 Å². The number of carbonyl (C=O) groups excluding carboxylic acids is 9. The molecule has 364 valence electrons. The van der Waals surface area contributed by atoms with Gasteiger partial charge in [-0.25, -0.2) is 19.4 Å². The molecule has 0 radical (unpaired) electrons. The molecule has 2 aliphatic heterocycles. The van der Waals surface area contributed by atoms with Gasteiger partial charge in [-0.2, -0.15) is 5.10 Å². The Morgan fingerprint density at radius 3 is 2.37 bits per heavy atom. The van der Waals surface area contributed by atoms with Gasteiger partial charge in [0.2, 0.25) is 17.7 Å². The molecule has 3 aromatic heterocycles.